The minimum atomic E-state index is 0.335. The third-order valence-corrected chi connectivity index (χ3v) is 6.94. The van der Waals surface area contributed by atoms with Gasteiger partial charge in [-0.15, -0.1) is 0 Å². The number of carbonyl (C=O) groups excluding carboxylic acids is 1. The number of aryl methyl sites for hydroxylation is 1. The zero-order valence-electron chi connectivity index (χ0n) is 18.4. The maximum Gasteiger partial charge on any atom is 0.236 e. The van der Waals surface area contributed by atoms with Crippen LogP contribution in [0.25, 0.3) is 0 Å². The SMILES string of the molecule is C[C@@H]1C[C@@H](C)CN(C(=O)CN2CCN(CCN3CCCc4ccccc43)CC2)C1. The summed E-state index contributed by atoms with van der Waals surface area (Å²) in [6, 6.07) is 8.88. The molecule has 29 heavy (non-hydrogen) atoms. The summed E-state index contributed by atoms with van der Waals surface area (Å²) in [7, 11) is 0. The van der Waals surface area contributed by atoms with Crippen molar-refractivity contribution in [2.45, 2.75) is 33.1 Å². The molecular weight excluding hydrogens is 360 g/mol. The monoisotopic (exact) mass is 398 g/mol. The number of piperazine rings is 1. The average Bonchev–Trinajstić information content (AvgIpc) is 2.72. The molecule has 5 nitrogen and oxygen atoms in total. The fourth-order valence-corrected chi connectivity index (χ4v) is 5.43. The highest BCUT2D eigenvalue weighted by Crippen LogP contribution is 2.26. The van der Waals surface area contributed by atoms with E-state index in [2.05, 4.69) is 57.7 Å². The Bertz CT molecular complexity index is 675. The summed E-state index contributed by atoms with van der Waals surface area (Å²) in [5.41, 5.74) is 2.94. The molecule has 0 spiro atoms. The lowest BCUT2D eigenvalue weighted by atomic mass is 9.92. The molecule has 0 unspecified atom stereocenters. The van der Waals surface area contributed by atoms with Crippen LogP contribution in [0.5, 0.6) is 0 Å². The van der Waals surface area contributed by atoms with Gasteiger partial charge in [0, 0.05) is 64.6 Å². The number of anilines is 1. The van der Waals surface area contributed by atoms with Gasteiger partial charge in [-0.25, -0.2) is 0 Å². The van der Waals surface area contributed by atoms with Crippen LogP contribution in [0.3, 0.4) is 0 Å². The van der Waals surface area contributed by atoms with Crippen LogP contribution in [0, 0.1) is 11.8 Å². The second-order valence-corrected chi connectivity index (χ2v) is 9.58. The van der Waals surface area contributed by atoms with Gasteiger partial charge in [0.25, 0.3) is 0 Å². The number of para-hydroxylation sites is 1. The predicted octanol–water partition coefficient (Wildman–Crippen LogP) is 2.56. The first-order chi connectivity index (χ1) is 14.1. The van der Waals surface area contributed by atoms with Crippen molar-refractivity contribution in [3.63, 3.8) is 0 Å². The molecule has 1 amide bonds. The quantitative estimate of drug-likeness (QED) is 0.763. The Morgan fingerprint density at radius 3 is 2.38 bits per heavy atom. The van der Waals surface area contributed by atoms with E-state index in [1.54, 1.807) is 0 Å². The van der Waals surface area contributed by atoms with Gasteiger partial charge in [-0.1, -0.05) is 32.0 Å². The smallest absolute Gasteiger partial charge is 0.236 e. The molecule has 3 heterocycles. The summed E-state index contributed by atoms with van der Waals surface area (Å²) in [5, 5.41) is 0. The number of rotatable bonds is 5. The van der Waals surface area contributed by atoms with Gasteiger partial charge >= 0.3 is 0 Å². The summed E-state index contributed by atoms with van der Waals surface area (Å²) >= 11 is 0. The van der Waals surface area contributed by atoms with Gasteiger partial charge in [-0.3, -0.25) is 14.6 Å². The number of amides is 1. The van der Waals surface area contributed by atoms with E-state index < -0.39 is 0 Å². The minimum Gasteiger partial charge on any atom is -0.370 e. The number of piperidine rings is 1. The Balaban J connectivity index is 1.20. The first-order valence-electron chi connectivity index (χ1n) is 11.6. The number of nitrogens with zero attached hydrogens (tertiary/aromatic N) is 4. The van der Waals surface area contributed by atoms with Gasteiger partial charge in [0.1, 0.15) is 0 Å². The zero-order valence-corrected chi connectivity index (χ0v) is 18.4. The van der Waals surface area contributed by atoms with Crippen molar-refractivity contribution in [2.24, 2.45) is 11.8 Å². The number of carbonyl (C=O) groups is 1. The Labute approximate surface area is 176 Å². The normalized spacial score (nSPS) is 26.4. The Hall–Kier alpha value is -1.59. The van der Waals surface area contributed by atoms with Gasteiger partial charge in [0.15, 0.2) is 0 Å². The van der Waals surface area contributed by atoms with Crippen molar-refractivity contribution in [2.75, 3.05) is 70.3 Å². The lowest BCUT2D eigenvalue weighted by molar-refractivity contribution is -0.135. The Morgan fingerprint density at radius 1 is 0.931 bits per heavy atom. The summed E-state index contributed by atoms with van der Waals surface area (Å²) in [6.07, 6.45) is 3.73. The zero-order chi connectivity index (χ0) is 20.2. The summed E-state index contributed by atoms with van der Waals surface area (Å²) in [6.45, 7) is 14.6. The van der Waals surface area contributed by atoms with Crippen LogP contribution >= 0.6 is 0 Å². The molecule has 3 aliphatic heterocycles. The highest BCUT2D eigenvalue weighted by Gasteiger charge is 2.27. The van der Waals surface area contributed by atoms with Crippen molar-refractivity contribution in [3.05, 3.63) is 29.8 Å². The van der Waals surface area contributed by atoms with Gasteiger partial charge in [0.2, 0.25) is 5.91 Å². The predicted molar refractivity (Wildman–Crippen MR) is 119 cm³/mol. The molecule has 0 radical (unpaired) electrons. The third kappa shape index (κ3) is 5.32. The molecular formula is C24H38N4O. The largest absolute Gasteiger partial charge is 0.370 e. The molecule has 2 saturated heterocycles. The van der Waals surface area contributed by atoms with E-state index in [1.807, 2.05) is 0 Å². The lowest BCUT2D eigenvalue weighted by Crippen LogP contribution is -2.52. The standard InChI is InChI=1S/C24H38N4O/c1-20-16-21(2)18-28(17-20)24(29)19-26-12-10-25(11-13-26)14-15-27-9-5-7-22-6-3-4-8-23(22)27/h3-4,6,8,20-21H,5,7,9-19H2,1-2H3/t20-,21-/m1/s1. The van der Waals surface area contributed by atoms with Gasteiger partial charge in [-0.05, 0) is 42.7 Å². The first-order valence-corrected chi connectivity index (χ1v) is 11.6. The van der Waals surface area contributed by atoms with Crippen molar-refractivity contribution in [3.8, 4) is 0 Å². The molecule has 5 heteroatoms. The van der Waals surface area contributed by atoms with Crippen LogP contribution in [0.2, 0.25) is 0 Å². The highest BCUT2D eigenvalue weighted by atomic mass is 16.2. The Morgan fingerprint density at radius 2 is 1.62 bits per heavy atom. The highest BCUT2D eigenvalue weighted by molar-refractivity contribution is 5.78. The van der Waals surface area contributed by atoms with E-state index in [0.29, 0.717) is 24.3 Å². The number of benzene rings is 1. The second-order valence-electron chi connectivity index (χ2n) is 9.58. The Kier molecular flexibility index (Phi) is 6.76. The van der Waals surface area contributed by atoms with Crippen molar-refractivity contribution < 1.29 is 4.79 Å². The number of hydrogen-bond donors (Lipinski definition) is 0. The molecule has 0 aromatic heterocycles. The van der Waals surface area contributed by atoms with Crippen LogP contribution in [-0.4, -0.2) is 86.1 Å². The molecule has 1 aromatic carbocycles. The maximum absolute atomic E-state index is 12.8. The number of fused-ring (bicyclic) bond motifs is 1. The molecule has 0 bridgehead atoms. The van der Waals surface area contributed by atoms with Crippen molar-refractivity contribution >= 4 is 11.6 Å². The molecule has 1 aromatic rings. The van der Waals surface area contributed by atoms with Crippen molar-refractivity contribution in [1.29, 1.82) is 0 Å². The van der Waals surface area contributed by atoms with E-state index in [0.717, 1.165) is 52.4 Å². The van der Waals surface area contributed by atoms with Gasteiger partial charge in [-0.2, -0.15) is 0 Å². The molecule has 2 fully saturated rings. The lowest BCUT2D eigenvalue weighted by Gasteiger charge is -2.39. The van der Waals surface area contributed by atoms with Crippen LogP contribution in [0.1, 0.15) is 32.3 Å². The molecule has 2 atom stereocenters. The van der Waals surface area contributed by atoms with E-state index in [1.165, 1.54) is 37.1 Å². The van der Waals surface area contributed by atoms with Crippen LogP contribution < -0.4 is 4.90 Å². The van der Waals surface area contributed by atoms with E-state index in [4.69, 9.17) is 0 Å². The molecule has 0 saturated carbocycles. The average molecular weight is 399 g/mol. The number of hydrogen-bond acceptors (Lipinski definition) is 4. The summed E-state index contributed by atoms with van der Waals surface area (Å²) < 4.78 is 0. The summed E-state index contributed by atoms with van der Waals surface area (Å²) in [4.78, 5) is 22.4. The molecule has 4 rings (SSSR count). The molecule has 0 aliphatic carbocycles. The molecule has 3 aliphatic rings. The third-order valence-electron chi connectivity index (χ3n) is 6.94. The van der Waals surface area contributed by atoms with Crippen LogP contribution in [-0.2, 0) is 11.2 Å². The summed E-state index contributed by atoms with van der Waals surface area (Å²) in [5.74, 6) is 1.61. The number of likely N-dealkylation sites (tertiary alicyclic amines) is 1. The van der Waals surface area contributed by atoms with Gasteiger partial charge < -0.3 is 9.80 Å². The van der Waals surface area contributed by atoms with E-state index >= 15 is 0 Å². The second kappa shape index (κ2) is 9.48. The van der Waals surface area contributed by atoms with E-state index in [9.17, 15) is 4.79 Å². The fourth-order valence-electron chi connectivity index (χ4n) is 5.43. The van der Waals surface area contributed by atoms with Crippen LogP contribution in [0.4, 0.5) is 5.69 Å². The minimum absolute atomic E-state index is 0.335. The van der Waals surface area contributed by atoms with E-state index in [-0.39, 0.29) is 0 Å². The molecule has 0 N–H and O–H groups in total. The van der Waals surface area contributed by atoms with Gasteiger partial charge in [0.05, 0.1) is 6.54 Å². The maximum atomic E-state index is 12.8. The first kappa shape index (κ1) is 20.7. The fraction of sp³-hybridized carbons (Fsp3) is 0.708. The molecule has 160 valence electrons. The van der Waals surface area contributed by atoms with Crippen LogP contribution in [0.15, 0.2) is 24.3 Å². The topological polar surface area (TPSA) is 30.0 Å². The van der Waals surface area contributed by atoms with Crippen molar-refractivity contribution in [1.82, 2.24) is 14.7 Å².